The van der Waals surface area contributed by atoms with Crippen LogP contribution in [0, 0.1) is 23.7 Å². The zero-order valence-corrected chi connectivity index (χ0v) is 10.3. The number of unbranched alkanes of at least 4 members (excludes halogenated alkanes) is 2. The van der Waals surface area contributed by atoms with Gasteiger partial charge in [-0.05, 0) is 38.4 Å². The van der Waals surface area contributed by atoms with Crippen molar-refractivity contribution >= 4 is 11.3 Å². The normalized spacial score (nSPS) is 11.7. The summed E-state index contributed by atoms with van der Waals surface area (Å²) < 4.78 is 0. The van der Waals surface area contributed by atoms with E-state index in [-0.39, 0.29) is 0 Å². The van der Waals surface area contributed by atoms with E-state index in [4.69, 9.17) is 11.7 Å². The Hall–Kier alpha value is -1.29. The van der Waals surface area contributed by atoms with Crippen LogP contribution in [0.1, 0.15) is 42.0 Å². The van der Waals surface area contributed by atoms with E-state index in [0.29, 0.717) is 6.04 Å². The molecule has 0 aliphatic carbocycles. The number of thiophene rings is 1. The van der Waals surface area contributed by atoms with Gasteiger partial charge in [-0.2, -0.15) is 5.26 Å². The Balaban J connectivity index is 2.28. The average molecular weight is 232 g/mol. The van der Waals surface area contributed by atoms with E-state index in [2.05, 4.69) is 24.2 Å². The van der Waals surface area contributed by atoms with Gasteiger partial charge in [-0.25, -0.2) is 0 Å². The van der Waals surface area contributed by atoms with Gasteiger partial charge in [0.2, 0.25) is 0 Å². The van der Waals surface area contributed by atoms with E-state index in [1.54, 1.807) is 11.3 Å². The summed E-state index contributed by atoms with van der Waals surface area (Å²) >= 11 is 1.55. The quantitative estimate of drug-likeness (QED) is 0.604. The Morgan fingerprint density at radius 3 is 2.94 bits per heavy atom. The van der Waals surface area contributed by atoms with Crippen LogP contribution in [0.25, 0.3) is 0 Å². The van der Waals surface area contributed by atoms with Gasteiger partial charge in [0.25, 0.3) is 0 Å². The van der Waals surface area contributed by atoms with E-state index in [0.717, 1.165) is 30.7 Å². The minimum Gasteiger partial charge on any atom is -0.309 e. The highest BCUT2D eigenvalue weighted by atomic mass is 32.1. The highest BCUT2D eigenvalue weighted by molar-refractivity contribution is 7.12. The SMILES string of the molecule is C#CCCCCNC(C)c1ccc(C#N)s1. The van der Waals surface area contributed by atoms with E-state index >= 15 is 0 Å². The van der Waals surface area contributed by atoms with Crippen LogP contribution in [0.2, 0.25) is 0 Å². The van der Waals surface area contributed by atoms with Crippen molar-refractivity contribution in [2.45, 2.75) is 32.2 Å². The van der Waals surface area contributed by atoms with Crippen LogP contribution in [-0.4, -0.2) is 6.54 Å². The fourth-order valence-electron chi connectivity index (χ4n) is 1.42. The Labute approximate surface area is 101 Å². The lowest BCUT2D eigenvalue weighted by atomic mass is 10.2. The highest BCUT2D eigenvalue weighted by Crippen LogP contribution is 2.22. The molecule has 1 unspecified atom stereocenters. The molecule has 0 spiro atoms. The molecule has 84 valence electrons. The molecule has 0 saturated carbocycles. The molecule has 0 bridgehead atoms. The number of terminal acetylenes is 1. The summed E-state index contributed by atoms with van der Waals surface area (Å²) in [5, 5.41) is 12.2. The maximum absolute atomic E-state index is 8.73. The van der Waals surface area contributed by atoms with Gasteiger partial charge < -0.3 is 5.32 Å². The maximum Gasteiger partial charge on any atom is 0.110 e. The Morgan fingerprint density at radius 1 is 1.50 bits per heavy atom. The first-order valence-electron chi connectivity index (χ1n) is 5.44. The minimum absolute atomic E-state index is 0.318. The molecule has 1 atom stereocenters. The van der Waals surface area contributed by atoms with Crippen LogP contribution in [0.4, 0.5) is 0 Å². The van der Waals surface area contributed by atoms with Gasteiger partial charge in [0.1, 0.15) is 10.9 Å². The lowest BCUT2D eigenvalue weighted by Gasteiger charge is -2.11. The first-order valence-corrected chi connectivity index (χ1v) is 6.26. The molecular formula is C13H16N2S. The monoisotopic (exact) mass is 232 g/mol. The first kappa shape index (κ1) is 12.8. The minimum atomic E-state index is 0.318. The van der Waals surface area contributed by atoms with E-state index in [9.17, 15) is 0 Å². The predicted molar refractivity (Wildman–Crippen MR) is 68.1 cm³/mol. The molecule has 1 aromatic heterocycles. The van der Waals surface area contributed by atoms with Crippen molar-refractivity contribution in [3.63, 3.8) is 0 Å². The Morgan fingerprint density at radius 2 is 2.31 bits per heavy atom. The molecule has 2 nitrogen and oxygen atoms in total. The number of nitriles is 1. The molecule has 16 heavy (non-hydrogen) atoms. The smallest absolute Gasteiger partial charge is 0.110 e. The zero-order valence-electron chi connectivity index (χ0n) is 9.49. The largest absolute Gasteiger partial charge is 0.309 e. The standard InChI is InChI=1S/C13H16N2S/c1-3-4-5-6-9-15-11(2)13-8-7-12(10-14)16-13/h1,7-8,11,15H,4-6,9H2,2H3. The maximum atomic E-state index is 8.73. The second kappa shape index (κ2) is 7.06. The summed E-state index contributed by atoms with van der Waals surface area (Å²) in [6, 6.07) is 6.36. The van der Waals surface area contributed by atoms with E-state index in [1.807, 2.05) is 12.1 Å². The molecule has 1 aromatic rings. The van der Waals surface area contributed by atoms with Crippen molar-refractivity contribution in [1.82, 2.24) is 5.32 Å². The number of hydrogen-bond donors (Lipinski definition) is 1. The molecule has 1 N–H and O–H groups in total. The molecule has 0 saturated heterocycles. The van der Waals surface area contributed by atoms with Crippen molar-refractivity contribution in [3.8, 4) is 18.4 Å². The van der Waals surface area contributed by atoms with Gasteiger partial charge in [0, 0.05) is 17.3 Å². The van der Waals surface area contributed by atoms with Crippen molar-refractivity contribution in [3.05, 3.63) is 21.9 Å². The molecule has 0 aromatic carbocycles. The summed E-state index contributed by atoms with van der Waals surface area (Å²) in [5.74, 6) is 2.64. The van der Waals surface area contributed by atoms with Gasteiger partial charge in [-0.3, -0.25) is 0 Å². The number of rotatable bonds is 6. The summed E-state index contributed by atoms with van der Waals surface area (Å²) in [5.41, 5.74) is 0. The molecule has 0 aliphatic rings. The van der Waals surface area contributed by atoms with E-state index in [1.165, 1.54) is 4.88 Å². The van der Waals surface area contributed by atoms with Crippen molar-refractivity contribution < 1.29 is 0 Å². The molecule has 1 rings (SSSR count). The lowest BCUT2D eigenvalue weighted by Crippen LogP contribution is -2.18. The molecule has 3 heteroatoms. The summed E-state index contributed by atoms with van der Waals surface area (Å²) in [4.78, 5) is 1.99. The summed E-state index contributed by atoms with van der Waals surface area (Å²) in [6.07, 6.45) is 8.21. The van der Waals surface area contributed by atoms with Gasteiger partial charge in [0.05, 0.1) is 0 Å². The predicted octanol–water partition coefficient (Wildman–Crippen LogP) is 3.07. The molecular weight excluding hydrogens is 216 g/mol. The third-order valence-corrected chi connectivity index (χ3v) is 3.53. The molecule has 0 fully saturated rings. The fourth-order valence-corrected chi connectivity index (χ4v) is 2.25. The highest BCUT2D eigenvalue weighted by Gasteiger charge is 2.07. The Bertz CT molecular complexity index is 395. The molecule has 0 aliphatic heterocycles. The second-order valence-electron chi connectivity index (χ2n) is 3.65. The third kappa shape index (κ3) is 4.06. The fraction of sp³-hybridized carbons (Fsp3) is 0.462. The van der Waals surface area contributed by atoms with Gasteiger partial charge in [-0.1, -0.05) is 0 Å². The van der Waals surface area contributed by atoms with Crippen molar-refractivity contribution in [2.75, 3.05) is 6.54 Å². The van der Waals surface area contributed by atoms with Crippen LogP contribution >= 0.6 is 11.3 Å². The average Bonchev–Trinajstić information content (AvgIpc) is 2.77. The van der Waals surface area contributed by atoms with Crippen molar-refractivity contribution in [1.29, 1.82) is 5.26 Å². The van der Waals surface area contributed by atoms with Crippen molar-refractivity contribution in [2.24, 2.45) is 0 Å². The van der Waals surface area contributed by atoms with Crippen LogP contribution in [-0.2, 0) is 0 Å². The zero-order chi connectivity index (χ0) is 11.8. The third-order valence-electron chi connectivity index (χ3n) is 2.36. The molecule has 0 radical (unpaired) electrons. The number of nitrogens with zero attached hydrogens (tertiary/aromatic N) is 1. The van der Waals surface area contributed by atoms with Crippen LogP contribution in [0.5, 0.6) is 0 Å². The van der Waals surface area contributed by atoms with E-state index < -0.39 is 0 Å². The lowest BCUT2D eigenvalue weighted by molar-refractivity contribution is 0.555. The van der Waals surface area contributed by atoms with Crippen LogP contribution < -0.4 is 5.32 Å². The van der Waals surface area contributed by atoms with Gasteiger partial charge in [-0.15, -0.1) is 23.7 Å². The summed E-state index contributed by atoms with van der Waals surface area (Å²) in [7, 11) is 0. The number of nitrogens with one attached hydrogen (secondary N) is 1. The first-order chi connectivity index (χ1) is 7.77. The Kier molecular flexibility index (Phi) is 5.64. The van der Waals surface area contributed by atoms with Gasteiger partial charge >= 0.3 is 0 Å². The number of hydrogen-bond acceptors (Lipinski definition) is 3. The second-order valence-corrected chi connectivity index (χ2v) is 4.77. The van der Waals surface area contributed by atoms with Crippen LogP contribution in [0.3, 0.4) is 0 Å². The summed E-state index contributed by atoms with van der Waals surface area (Å²) in [6.45, 7) is 3.09. The van der Waals surface area contributed by atoms with Gasteiger partial charge in [0.15, 0.2) is 0 Å². The van der Waals surface area contributed by atoms with Crippen LogP contribution in [0.15, 0.2) is 12.1 Å². The topological polar surface area (TPSA) is 35.8 Å². The molecule has 0 amide bonds. The molecule has 1 heterocycles.